The maximum absolute atomic E-state index is 6.68. The summed E-state index contributed by atoms with van der Waals surface area (Å²) < 4.78 is 22.1. The maximum atomic E-state index is 6.68. The van der Waals surface area contributed by atoms with E-state index in [0.717, 1.165) is 30.2 Å². The number of hydrogen-bond acceptors (Lipinski definition) is 8. The van der Waals surface area contributed by atoms with Gasteiger partial charge in [-0.2, -0.15) is 0 Å². The first-order valence-electron chi connectivity index (χ1n) is 12.1. The number of fused-ring (bicyclic) bond motifs is 1. The fourth-order valence-electron chi connectivity index (χ4n) is 4.64. The zero-order valence-corrected chi connectivity index (χ0v) is 22.8. The molecule has 2 unspecified atom stereocenters. The summed E-state index contributed by atoms with van der Waals surface area (Å²) in [4.78, 5) is 9.38. The Kier molecular flexibility index (Phi) is 9.32. The van der Waals surface area contributed by atoms with Crippen LogP contribution in [0.1, 0.15) is 25.7 Å². The average Bonchev–Trinajstić information content (AvgIpc) is 2.92. The van der Waals surface area contributed by atoms with Crippen molar-refractivity contribution in [2.24, 2.45) is 0 Å². The molecule has 10 heteroatoms. The van der Waals surface area contributed by atoms with Crippen molar-refractivity contribution in [3.8, 4) is 28.4 Å². The minimum absolute atomic E-state index is 0.196. The number of nitrogens with one attached hydrogen (secondary N) is 2. The van der Waals surface area contributed by atoms with Crippen molar-refractivity contribution in [2.75, 3.05) is 40.0 Å². The van der Waals surface area contributed by atoms with Crippen molar-refractivity contribution in [3.63, 3.8) is 0 Å². The SMILES string of the molecule is C=CCOCNC1CCCCC1Nc1ncc2cc(-c3c(Cl)c(OC)cc(OC)c3Cl)c(OC)cc2n1. The van der Waals surface area contributed by atoms with Crippen molar-refractivity contribution in [2.45, 2.75) is 37.8 Å². The maximum Gasteiger partial charge on any atom is 0.223 e. The van der Waals surface area contributed by atoms with Crippen molar-refractivity contribution < 1.29 is 18.9 Å². The molecule has 1 saturated carbocycles. The van der Waals surface area contributed by atoms with Crippen molar-refractivity contribution >= 4 is 40.1 Å². The Morgan fingerprint density at radius 2 is 1.65 bits per heavy atom. The van der Waals surface area contributed by atoms with Crippen LogP contribution in [0.5, 0.6) is 17.2 Å². The number of ether oxygens (including phenoxy) is 4. The second-order valence-electron chi connectivity index (χ2n) is 8.74. The first kappa shape index (κ1) is 27.3. The largest absolute Gasteiger partial charge is 0.496 e. The molecule has 4 rings (SSSR count). The highest BCUT2D eigenvalue weighted by Gasteiger charge is 2.26. The molecule has 1 aromatic heterocycles. The van der Waals surface area contributed by atoms with Gasteiger partial charge in [0.15, 0.2) is 0 Å². The van der Waals surface area contributed by atoms with Gasteiger partial charge in [0.2, 0.25) is 5.95 Å². The minimum Gasteiger partial charge on any atom is -0.496 e. The van der Waals surface area contributed by atoms with Gasteiger partial charge in [0.1, 0.15) is 17.2 Å². The Morgan fingerprint density at radius 1 is 0.973 bits per heavy atom. The van der Waals surface area contributed by atoms with Gasteiger partial charge in [-0.05, 0) is 18.9 Å². The van der Waals surface area contributed by atoms with Gasteiger partial charge in [0.05, 0.1) is 50.2 Å². The summed E-state index contributed by atoms with van der Waals surface area (Å²) in [7, 11) is 4.68. The minimum atomic E-state index is 0.196. The summed E-state index contributed by atoms with van der Waals surface area (Å²) in [6, 6.07) is 5.88. The summed E-state index contributed by atoms with van der Waals surface area (Å²) >= 11 is 13.4. The standard InChI is InChI=1S/C27H32Cl2N4O4/c1-5-10-37-15-31-18-8-6-7-9-19(18)32-27-30-14-16-11-17(21(34-2)12-20(16)33-27)24-25(28)22(35-3)13-23(36-4)26(24)29/h5,11-14,18-19,31H,1,6-10,15H2,2-4H3,(H,30,32,33). The van der Waals surface area contributed by atoms with Crippen LogP contribution in [0.15, 0.2) is 37.1 Å². The number of hydrogen-bond donors (Lipinski definition) is 2. The Balaban J connectivity index is 1.65. The van der Waals surface area contributed by atoms with Crippen molar-refractivity contribution in [1.82, 2.24) is 15.3 Å². The van der Waals surface area contributed by atoms with Crippen LogP contribution in [0.4, 0.5) is 5.95 Å². The van der Waals surface area contributed by atoms with Gasteiger partial charge in [-0.25, -0.2) is 9.97 Å². The van der Waals surface area contributed by atoms with E-state index < -0.39 is 0 Å². The Labute approximate surface area is 227 Å². The molecule has 37 heavy (non-hydrogen) atoms. The van der Waals surface area contributed by atoms with Gasteiger partial charge in [0, 0.05) is 46.9 Å². The molecule has 2 aromatic carbocycles. The average molecular weight is 547 g/mol. The number of methoxy groups -OCH3 is 3. The summed E-state index contributed by atoms with van der Waals surface area (Å²) in [5.74, 6) is 2.02. The van der Waals surface area contributed by atoms with E-state index >= 15 is 0 Å². The lowest BCUT2D eigenvalue weighted by Crippen LogP contribution is -2.47. The normalized spacial score (nSPS) is 17.4. The third-order valence-corrected chi connectivity index (χ3v) is 7.26. The van der Waals surface area contributed by atoms with Crippen LogP contribution in [0, 0.1) is 0 Å². The van der Waals surface area contributed by atoms with E-state index in [-0.39, 0.29) is 12.1 Å². The topological polar surface area (TPSA) is 86.8 Å². The molecule has 2 atom stereocenters. The molecule has 0 radical (unpaired) electrons. The first-order chi connectivity index (χ1) is 18.0. The van der Waals surface area contributed by atoms with Gasteiger partial charge >= 0.3 is 0 Å². The molecule has 198 valence electrons. The van der Waals surface area contributed by atoms with Crippen LogP contribution >= 0.6 is 23.2 Å². The zero-order valence-electron chi connectivity index (χ0n) is 21.3. The van der Waals surface area contributed by atoms with E-state index in [1.54, 1.807) is 39.7 Å². The van der Waals surface area contributed by atoms with E-state index in [0.29, 0.717) is 57.7 Å². The predicted molar refractivity (Wildman–Crippen MR) is 148 cm³/mol. The van der Waals surface area contributed by atoms with Gasteiger partial charge in [-0.15, -0.1) is 6.58 Å². The van der Waals surface area contributed by atoms with E-state index in [4.69, 9.17) is 47.1 Å². The molecule has 1 aliphatic carbocycles. The highest BCUT2D eigenvalue weighted by Crippen LogP contribution is 2.49. The Bertz CT molecular complexity index is 1230. The molecular formula is C27H32Cl2N4O4. The lowest BCUT2D eigenvalue weighted by molar-refractivity contribution is 0.123. The molecule has 1 heterocycles. The van der Waals surface area contributed by atoms with Crippen LogP contribution in [0.25, 0.3) is 22.0 Å². The lowest BCUT2D eigenvalue weighted by Gasteiger charge is -2.32. The number of halogens is 2. The molecule has 1 aliphatic rings. The monoisotopic (exact) mass is 546 g/mol. The van der Waals surface area contributed by atoms with Gasteiger partial charge < -0.3 is 24.3 Å². The Hall–Kier alpha value is -2.78. The highest BCUT2D eigenvalue weighted by atomic mass is 35.5. The molecule has 0 spiro atoms. The van der Waals surface area contributed by atoms with E-state index in [1.165, 1.54) is 6.42 Å². The molecule has 2 N–H and O–H groups in total. The molecule has 0 saturated heterocycles. The van der Waals surface area contributed by atoms with Crippen LogP contribution in [-0.4, -0.2) is 56.7 Å². The zero-order chi connectivity index (χ0) is 26.4. The van der Waals surface area contributed by atoms with E-state index in [9.17, 15) is 0 Å². The van der Waals surface area contributed by atoms with E-state index in [2.05, 4.69) is 22.2 Å². The smallest absolute Gasteiger partial charge is 0.223 e. The summed E-state index contributed by atoms with van der Waals surface area (Å²) in [6.07, 6.45) is 7.94. The predicted octanol–water partition coefficient (Wildman–Crippen LogP) is 6.10. The second kappa shape index (κ2) is 12.6. The number of rotatable bonds is 11. The number of benzene rings is 2. The Morgan fingerprint density at radius 3 is 2.30 bits per heavy atom. The third kappa shape index (κ3) is 6.04. The number of nitrogens with zero attached hydrogens (tertiary/aromatic N) is 2. The molecule has 0 bridgehead atoms. The van der Waals surface area contributed by atoms with Crippen LogP contribution in [0.3, 0.4) is 0 Å². The molecule has 1 fully saturated rings. The van der Waals surface area contributed by atoms with Crippen molar-refractivity contribution in [3.05, 3.63) is 47.1 Å². The molecule has 3 aromatic rings. The van der Waals surface area contributed by atoms with Crippen LogP contribution < -0.4 is 24.8 Å². The molecule has 8 nitrogen and oxygen atoms in total. The van der Waals surface area contributed by atoms with Gasteiger partial charge in [0.25, 0.3) is 0 Å². The number of anilines is 1. The molecule has 0 aliphatic heterocycles. The first-order valence-corrected chi connectivity index (χ1v) is 12.9. The number of aromatic nitrogens is 2. The fourth-order valence-corrected chi connectivity index (χ4v) is 5.34. The van der Waals surface area contributed by atoms with Gasteiger partial charge in [-0.1, -0.05) is 42.1 Å². The van der Waals surface area contributed by atoms with E-state index in [1.807, 2.05) is 12.1 Å². The summed E-state index contributed by atoms with van der Waals surface area (Å²) in [5, 5.41) is 8.53. The van der Waals surface area contributed by atoms with Crippen LogP contribution in [-0.2, 0) is 4.74 Å². The summed E-state index contributed by atoms with van der Waals surface area (Å²) in [5.41, 5.74) is 1.97. The molecule has 0 amide bonds. The van der Waals surface area contributed by atoms with Crippen LogP contribution in [0.2, 0.25) is 10.0 Å². The third-order valence-electron chi connectivity index (χ3n) is 6.51. The molecular weight excluding hydrogens is 515 g/mol. The highest BCUT2D eigenvalue weighted by molar-refractivity contribution is 6.41. The second-order valence-corrected chi connectivity index (χ2v) is 9.49. The fraction of sp³-hybridized carbons (Fsp3) is 0.407. The van der Waals surface area contributed by atoms with Crippen molar-refractivity contribution in [1.29, 1.82) is 0 Å². The lowest BCUT2D eigenvalue weighted by atomic mass is 9.90. The quantitative estimate of drug-likeness (QED) is 0.169. The summed E-state index contributed by atoms with van der Waals surface area (Å²) in [6.45, 7) is 4.69. The van der Waals surface area contributed by atoms with Gasteiger partial charge in [-0.3, -0.25) is 5.32 Å².